The largest absolute Gasteiger partial charge is 0.507 e. The Bertz CT molecular complexity index is 559. The Labute approximate surface area is 125 Å². The first kappa shape index (κ1) is 17.2. The SMILES string of the molecule is CC.COC(=O)c1cc(C2=CCCC2(C)C)c(O)cc1F. The van der Waals surface area contributed by atoms with Gasteiger partial charge in [0.05, 0.1) is 12.7 Å². The number of methoxy groups -OCH3 is 1. The highest BCUT2D eigenvalue weighted by molar-refractivity contribution is 5.92. The van der Waals surface area contributed by atoms with E-state index in [9.17, 15) is 14.3 Å². The highest BCUT2D eigenvalue weighted by Gasteiger charge is 2.31. The van der Waals surface area contributed by atoms with Crippen LogP contribution in [0.1, 0.15) is 56.5 Å². The van der Waals surface area contributed by atoms with Crippen LogP contribution in [0.4, 0.5) is 4.39 Å². The Hall–Kier alpha value is -1.84. The summed E-state index contributed by atoms with van der Waals surface area (Å²) < 4.78 is 18.2. The van der Waals surface area contributed by atoms with Crippen molar-refractivity contribution in [1.82, 2.24) is 0 Å². The predicted octanol–water partition coefficient (Wildman–Crippen LogP) is 4.55. The lowest BCUT2D eigenvalue weighted by Crippen LogP contribution is -2.11. The highest BCUT2D eigenvalue weighted by atomic mass is 19.1. The number of esters is 1. The molecule has 4 heteroatoms. The van der Waals surface area contributed by atoms with Gasteiger partial charge in [0.2, 0.25) is 0 Å². The third-order valence-electron chi connectivity index (χ3n) is 3.63. The number of benzene rings is 1. The zero-order chi connectivity index (χ0) is 16.2. The summed E-state index contributed by atoms with van der Waals surface area (Å²) in [5, 5.41) is 9.93. The van der Waals surface area contributed by atoms with Crippen molar-refractivity contribution in [3.05, 3.63) is 35.2 Å². The van der Waals surface area contributed by atoms with Gasteiger partial charge in [-0.2, -0.15) is 0 Å². The number of phenolic OH excluding ortho intramolecular Hbond substituents is 1. The number of ether oxygens (including phenoxy) is 1. The molecule has 0 saturated carbocycles. The summed E-state index contributed by atoms with van der Waals surface area (Å²) in [7, 11) is 1.20. The third kappa shape index (κ3) is 3.43. The molecule has 0 spiro atoms. The Morgan fingerprint density at radius 3 is 2.43 bits per heavy atom. The fourth-order valence-corrected chi connectivity index (χ4v) is 2.51. The first-order valence-corrected chi connectivity index (χ1v) is 7.18. The van der Waals surface area contributed by atoms with Gasteiger partial charge in [-0.25, -0.2) is 9.18 Å². The molecular formula is C17H23FO3. The molecule has 1 aromatic rings. The third-order valence-corrected chi connectivity index (χ3v) is 3.63. The Kier molecular flexibility index (Phi) is 5.53. The van der Waals surface area contributed by atoms with Gasteiger partial charge in [0.15, 0.2) is 0 Å². The maximum absolute atomic E-state index is 13.7. The van der Waals surface area contributed by atoms with E-state index in [1.807, 2.05) is 19.9 Å². The van der Waals surface area contributed by atoms with Gasteiger partial charge in [-0.1, -0.05) is 33.8 Å². The number of rotatable bonds is 2. The molecule has 1 N–H and O–H groups in total. The average Bonchev–Trinajstić information content (AvgIpc) is 2.80. The quantitative estimate of drug-likeness (QED) is 0.814. The van der Waals surface area contributed by atoms with Gasteiger partial charge in [0, 0.05) is 11.6 Å². The molecule has 0 radical (unpaired) electrons. The topological polar surface area (TPSA) is 46.5 Å². The second kappa shape index (κ2) is 6.74. The monoisotopic (exact) mass is 294 g/mol. The number of allylic oxidation sites excluding steroid dienone is 2. The molecule has 0 atom stereocenters. The minimum atomic E-state index is -0.774. The summed E-state index contributed by atoms with van der Waals surface area (Å²) in [6, 6.07) is 2.34. The molecule has 0 unspecified atom stereocenters. The summed E-state index contributed by atoms with van der Waals surface area (Å²) in [4.78, 5) is 11.5. The first-order chi connectivity index (χ1) is 9.86. The summed E-state index contributed by atoms with van der Waals surface area (Å²) in [6.07, 6.45) is 3.90. The molecule has 0 amide bonds. The van der Waals surface area contributed by atoms with Gasteiger partial charge >= 0.3 is 5.97 Å². The molecule has 0 fully saturated rings. The lowest BCUT2D eigenvalue weighted by molar-refractivity contribution is 0.0595. The fraction of sp³-hybridized carbons (Fsp3) is 0.471. The van der Waals surface area contributed by atoms with Gasteiger partial charge in [-0.05, 0) is 29.9 Å². The average molecular weight is 294 g/mol. The molecule has 0 heterocycles. The van der Waals surface area contributed by atoms with E-state index in [1.54, 1.807) is 0 Å². The van der Waals surface area contributed by atoms with Crippen LogP contribution in [0.3, 0.4) is 0 Å². The van der Waals surface area contributed by atoms with Crippen LogP contribution in [0.2, 0.25) is 0 Å². The van der Waals surface area contributed by atoms with E-state index in [0.717, 1.165) is 24.5 Å². The molecule has 2 rings (SSSR count). The minimum Gasteiger partial charge on any atom is -0.507 e. The number of carbonyl (C=O) groups excluding carboxylic acids is 1. The molecule has 0 bridgehead atoms. The Morgan fingerprint density at radius 1 is 1.33 bits per heavy atom. The van der Waals surface area contributed by atoms with Crippen LogP contribution in [0, 0.1) is 11.2 Å². The van der Waals surface area contributed by atoms with Crippen molar-refractivity contribution < 1.29 is 19.0 Å². The van der Waals surface area contributed by atoms with Gasteiger partial charge in [-0.3, -0.25) is 0 Å². The van der Waals surface area contributed by atoms with Crippen molar-refractivity contribution in [2.45, 2.75) is 40.5 Å². The van der Waals surface area contributed by atoms with E-state index < -0.39 is 11.8 Å². The van der Waals surface area contributed by atoms with Crippen LogP contribution in [0.25, 0.3) is 5.57 Å². The van der Waals surface area contributed by atoms with E-state index in [0.29, 0.717) is 5.56 Å². The van der Waals surface area contributed by atoms with Crippen LogP contribution in [0.15, 0.2) is 18.2 Å². The second-order valence-corrected chi connectivity index (χ2v) is 5.38. The van der Waals surface area contributed by atoms with Gasteiger partial charge in [0.1, 0.15) is 11.6 Å². The van der Waals surface area contributed by atoms with E-state index in [4.69, 9.17) is 0 Å². The number of phenols is 1. The molecule has 0 aromatic heterocycles. The normalized spacial score (nSPS) is 15.8. The number of hydrogen-bond donors (Lipinski definition) is 1. The second-order valence-electron chi connectivity index (χ2n) is 5.38. The van der Waals surface area contributed by atoms with Crippen molar-refractivity contribution in [3.8, 4) is 5.75 Å². The number of halogens is 1. The lowest BCUT2D eigenvalue weighted by atomic mass is 9.81. The highest BCUT2D eigenvalue weighted by Crippen LogP contribution is 2.46. The van der Waals surface area contributed by atoms with Gasteiger partial charge < -0.3 is 9.84 Å². The molecule has 0 aliphatic heterocycles. The number of carbonyl (C=O) groups is 1. The Morgan fingerprint density at radius 2 is 1.95 bits per heavy atom. The fourth-order valence-electron chi connectivity index (χ4n) is 2.51. The molecular weight excluding hydrogens is 271 g/mol. The number of hydrogen-bond acceptors (Lipinski definition) is 3. The van der Waals surface area contributed by atoms with E-state index in [1.165, 1.54) is 13.2 Å². The van der Waals surface area contributed by atoms with E-state index >= 15 is 0 Å². The van der Waals surface area contributed by atoms with Crippen molar-refractivity contribution in [3.63, 3.8) is 0 Å². The maximum atomic E-state index is 13.7. The van der Waals surface area contributed by atoms with Crippen molar-refractivity contribution >= 4 is 11.5 Å². The van der Waals surface area contributed by atoms with Crippen LogP contribution in [-0.2, 0) is 4.74 Å². The zero-order valence-corrected chi connectivity index (χ0v) is 13.3. The summed E-state index contributed by atoms with van der Waals surface area (Å²) >= 11 is 0. The van der Waals surface area contributed by atoms with E-state index in [-0.39, 0.29) is 16.7 Å². The zero-order valence-electron chi connectivity index (χ0n) is 13.3. The summed E-state index contributed by atoms with van der Waals surface area (Å²) in [6.45, 7) is 8.12. The lowest BCUT2D eigenvalue weighted by Gasteiger charge is -2.23. The van der Waals surface area contributed by atoms with Gasteiger partial charge in [0.25, 0.3) is 0 Å². The van der Waals surface area contributed by atoms with Crippen molar-refractivity contribution in [2.24, 2.45) is 5.41 Å². The predicted molar refractivity (Wildman–Crippen MR) is 81.7 cm³/mol. The molecule has 1 aliphatic carbocycles. The standard InChI is InChI=1S/C15H17FO3.C2H6/c1-15(2)6-4-5-11(15)9-7-10(14(18)19-3)12(16)8-13(9)17;1-2/h5,7-8,17H,4,6H2,1-3H3;1-2H3. The first-order valence-electron chi connectivity index (χ1n) is 7.18. The van der Waals surface area contributed by atoms with Gasteiger partial charge in [-0.15, -0.1) is 0 Å². The molecule has 3 nitrogen and oxygen atoms in total. The minimum absolute atomic E-state index is 0.0945. The van der Waals surface area contributed by atoms with Crippen LogP contribution < -0.4 is 0 Å². The Balaban J connectivity index is 0.00000106. The van der Waals surface area contributed by atoms with Crippen LogP contribution in [-0.4, -0.2) is 18.2 Å². The van der Waals surface area contributed by atoms with Crippen molar-refractivity contribution in [1.29, 1.82) is 0 Å². The summed E-state index contributed by atoms with van der Waals surface area (Å²) in [5.74, 6) is -1.66. The van der Waals surface area contributed by atoms with Crippen LogP contribution >= 0.6 is 0 Å². The van der Waals surface area contributed by atoms with Crippen molar-refractivity contribution in [2.75, 3.05) is 7.11 Å². The maximum Gasteiger partial charge on any atom is 0.340 e. The van der Waals surface area contributed by atoms with E-state index in [2.05, 4.69) is 18.6 Å². The van der Waals surface area contributed by atoms with Crippen LogP contribution in [0.5, 0.6) is 5.75 Å². The molecule has 1 aromatic carbocycles. The molecule has 0 saturated heterocycles. The smallest absolute Gasteiger partial charge is 0.340 e. The summed E-state index contributed by atoms with van der Waals surface area (Å²) in [5.41, 5.74) is 1.20. The number of aromatic hydroxyl groups is 1. The molecule has 116 valence electrons. The molecule has 21 heavy (non-hydrogen) atoms. The molecule has 1 aliphatic rings.